The van der Waals surface area contributed by atoms with Gasteiger partial charge in [0.15, 0.2) is 0 Å². The lowest BCUT2D eigenvalue weighted by atomic mass is 10.1. The third-order valence-electron chi connectivity index (χ3n) is 3.12. The maximum atomic E-state index is 11.3. The van der Waals surface area contributed by atoms with Crippen LogP contribution in [0.2, 0.25) is 0 Å². The number of nitrogens with two attached hydrogens (primary N) is 1. The Morgan fingerprint density at radius 1 is 1.41 bits per heavy atom. The number of anilines is 1. The molecule has 3 N–H and O–H groups in total. The molecule has 9 heteroatoms. The van der Waals surface area contributed by atoms with Crippen molar-refractivity contribution in [3.63, 3.8) is 0 Å². The van der Waals surface area contributed by atoms with E-state index in [1.54, 1.807) is 11.3 Å². The Morgan fingerprint density at radius 3 is 2.64 bits per heavy atom. The number of hydrogen-bond donors (Lipinski definition) is 2. The van der Waals surface area contributed by atoms with Crippen LogP contribution in [0.5, 0.6) is 0 Å². The summed E-state index contributed by atoms with van der Waals surface area (Å²) in [6.45, 7) is 1.96. The summed E-state index contributed by atoms with van der Waals surface area (Å²) < 4.78 is 22.6. The minimum atomic E-state index is -3.98. The number of rotatable bonds is 6. The van der Waals surface area contributed by atoms with E-state index in [-0.39, 0.29) is 22.3 Å². The highest BCUT2D eigenvalue weighted by Crippen LogP contribution is 2.32. The van der Waals surface area contributed by atoms with Crippen molar-refractivity contribution in [2.75, 3.05) is 5.32 Å². The standard InChI is InChI=1S/C13H15N3O4S2/c1-2-10(13-4-3-7-21-13)15-11-6-5-9(22(14,19)20)8-12(11)16(17)18/h3-8,10,15H,2H2,1H3,(H2,14,19,20). The lowest BCUT2D eigenvalue weighted by Gasteiger charge is -2.17. The quantitative estimate of drug-likeness (QED) is 0.619. The Morgan fingerprint density at radius 2 is 2.14 bits per heavy atom. The van der Waals surface area contributed by atoms with E-state index in [0.29, 0.717) is 0 Å². The van der Waals surface area contributed by atoms with Crippen LogP contribution in [0.4, 0.5) is 11.4 Å². The Balaban J connectivity index is 2.40. The molecule has 0 bridgehead atoms. The highest BCUT2D eigenvalue weighted by molar-refractivity contribution is 7.89. The monoisotopic (exact) mass is 341 g/mol. The summed E-state index contributed by atoms with van der Waals surface area (Å²) in [5.74, 6) is 0. The number of hydrogen-bond acceptors (Lipinski definition) is 6. The van der Waals surface area contributed by atoms with Gasteiger partial charge >= 0.3 is 0 Å². The largest absolute Gasteiger partial charge is 0.372 e. The molecule has 1 atom stereocenters. The molecule has 1 heterocycles. The molecule has 1 aromatic carbocycles. The lowest BCUT2D eigenvalue weighted by molar-refractivity contribution is -0.384. The van der Waals surface area contributed by atoms with Crippen LogP contribution in [0.3, 0.4) is 0 Å². The molecule has 0 saturated carbocycles. The first kappa shape index (κ1) is 16.4. The fourth-order valence-corrected chi connectivity index (χ4v) is 3.41. The highest BCUT2D eigenvalue weighted by atomic mass is 32.2. The first-order chi connectivity index (χ1) is 10.3. The van der Waals surface area contributed by atoms with E-state index in [1.807, 2.05) is 24.4 Å². The normalized spacial score (nSPS) is 12.8. The third kappa shape index (κ3) is 3.62. The van der Waals surface area contributed by atoms with E-state index in [0.717, 1.165) is 17.4 Å². The second-order valence-electron chi connectivity index (χ2n) is 4.60. The van der Waals surface area contributed by atoms with Crippen molar-refractivity contribution in [1.29, 1.82) is 0 Å². The summed E-state index contributed by atoms with van der Waals surface area (Å²) in [5, 5.41) is 21.2. The topological polar surface area (TPSA) is 115 Å². The Hall–Kier alpha value is -1.97. The van der Waals surface area contributed by atoms with Gasteiger partial charge in [-0.25, -0.2) is 13.6 Å². The van der Waals surface area contributed by atoms with Gasteiger partial charge in [-0.05, 0) is 30.0 Å². The minimum Gasteiger partial charge on any atom is -0.372 e. The molecule has 0 spiro atoms. The average molecular weight is 341 g/mol. The molecule has 0 amide bonds. The van der Waals surface area contributed by atoms with E-state index < -0.39 is 14.9 Å². The third-order valence-corrected chi connectivity index (χ3v) is 5.02. The van der Waals surface area contributed by atoms with Crippen molar-refractivity contribution in [3.05, 3.63) is 50.7 Å². The summed E-state index contributed by atoms with van der Waals surface area (Å²) in [5.41, 5.74) is -0.0563. The molecule has 1 aromatic heterocycles. The van der Waals surface area contributed by atoms with E-state index in [2.05, 4.69) is 5.32 Å². The molecule has 2 aromatic rings. The summed E-state index contributed by atoms with van der Waals surface area (Å²) in [6, 6.07) is 7.36. The van der Waals surface area contributed by atoms with E-state index in [1.165, 1.54) is 12.1 Å². The molecular formula is C13H15N3O4S2. The van der Waals surface area contributed by atoms with Crippen LogP contribution in [0, 0.1) is 10.1 Å². The lowest BCUT2D eigenvalue weighted by Crippen LogP contribution is -2.14. The summed E-state index contributed by atoms with van der Waals surface area (Å²) >= 11 is 1.55. The SMILES string of the molecule is CCC(Nc1ccc(S(N)(=O)=O)cc1[N+](=O)[O-])c1cccs1. The average Bonchev–Trinajstić information content (AvgIpc) is 2.97. The van der Waals surface area contributed by atoms with Gasteiger partial charge in [0, 0.05) is 10.9 Å². The van der Waals surface area contributed by atoms with E-state index in [4.69, 9.17) is 5.14 Å². The second kappa shape index (κ2) is 6.42. The van der Waals surface area contributed by atoms with Gasteiger partial charge < -0.3 is 5.32 Å². The molecular weight excluding hydrogens is 326 g/mol. The molecule has 118 valence electrons. The highest BCUT2D eigenvalue weighted by Gasteiger charge is 2.21. The smallest absolute Gasteiger partial charge is 0.293 e. The van der Waals surface area contributed by atoms with Gasteiger partial charge in [0.2, 0.25) is 10.0 Å². The zero-order valence-electron chi connectivity index (χ0n) is 11.7. The van der Waals surface area contributed by atoms with Crippen LogP contribution in [0.25, 0.3) is 0 Å². The van der Waals surface area contributed by atoms with Crippen LogP contribution >= 0.6 is 11.3 Å². The zero-order chi connectivity index (χ0) is 16.3. The molecule has 0 aliphatic heterocycles. The Kier molecular flexibility index (Phi) is 4.79. The number of thiophene rings is 1. The number of primary sulfonamides is 1. The van der Waals surface area contributed by atoms with Gasteiger partial charge in [0.05, 0.1) is 15.9 Å². The number of nitro groups is 1. The van der Waals surface area contributed by atoms with Gasteiger partial charge in [-0.2, -0.15) is 0 Å². The van der Waals surface area contributed by atoms with Crippen molar-refractivity contribution >= 4 is 32.7 Å². The molecule has 0 aliphatic carbocycles. The van der Waals surface area contributed by atoms with Crippen LogP contribution in [-0.2, 0) is 10.0 Å². The predicted molar refractivity (Wildman–Crippen MR) is 85.4 cm³/mol. The van der Waals surface area contributed by atoms with Crippen molar-refractivity contribution < 1.29 is 13.3 Å². The van der Waals surface area contributed by atoms with Crippen molar-refractivity contribution in [3.8, 4) is 0 Å². The van der Waals surface area contributed by atoms with Gasteiger partial charge in [0.1, 0.15) is 5.69 Å². The molecule has 0 radical (unpaired) electrons. The number of nitrogens with zero attached hydrogens (tertiary/aromatic N) is 1. The van der Waals surface area contributed by atoms with Crippen LogP contribution in [0.1, 0.15) is 24.3 Å². The number of benzene rings is 1. The molecule has 1 unspecified atom stereocenters. The van der Waals surface area contributed by atoms with Gasteiger partial charge in [-0.3, -0.25) is 10.1 Å². The number of nitro benzene ring substituents is 1. The maximum absolute atomic E-state index is 11.3. The number of sulfonamides is 1. The molecule has 7 nitrogen and oxygen atoms in total. The molecule has 22 heavy (non-hydrogen) atoms. The molecule has 2 rings (SSSR count). The fraction of sp³-hybridized carbons (Fsp3) is 0.231. The summed E-state index contributed by atoms with van der Waals surface area (Å²) in [6.07, 6.45) is 0.731. The fourth-order valence-electron chi connectivity index (χ4n) is 2.01. The van der Waals surface area contributed by atoms with Crippen molar-refractivity contribution in [2.24, 2.45) is 5.14 Å². The first-order valence-electron chi connectivity index (χ1n) is 6.44. The zero-order valence-corrected chi connectivity index (χ0v) is 13.4. The Labute approximate surface area is 132 Å². The van der Waals surface area contributed by atoms with Gasteiger partial charge in [-0.1, -0.05) is 13.0 Å². The van der Waals surface area contributed by atoms with E-state index in [9.17, 15) is 18.5 Å². The van der Waals surface area contributed by atoms with Crippen LogP contribution < -0.4 is 10.5 Å². The minimum absolute atomic E-state index is 0.0842. The molecule has 0 fully saturated rings. The predicted octanol–water partition coefficient (Wildman–Crippen LogP) is 2.87. The summed E-state index contributed by atoms with van der Waals surface area (Å²) in [4.78, 5) is 11.3. The first-order valence-corrected chi connectivity index (χ1v) is 8.86. The Bertz CT molecular complexity index is 773. The number of nitrogens with one attached hydrogen (secondary N) is 1. The van der Waals surface area contributed by atoms with Gasteiger partial charge in [0.25, 0.3) is 5.69 Å². The van der Waals surface area contributed by atoms with Crippen LogP contribution in [-0.4, -0.2) is 13.3 Å². The van der Waals surface area contributed by atoms with Crippen molar-refractivity contribution in [1.82, 2.24) is 0 Å². The van der Waals surface area contributed by atoms with Crippen molar-refractivity contribution in [2.45, 2.75) is 24.3 Å². The van der Waals surface area contributed by atoms with Gasteiger partial charge in [-0.15, -0.1) is 11.3 Å². The molecule has 0 saturated heterocycles. The summed E-state index contributed by atoms with van der Waals surface area (Å²) in [7, 11) is -3.98. The molecule has 0 aliphatic rings. The maximum Gasteiger partial charge on any atom is 0.293 e. The van der Waals surface area contributed by atoms with Crippen LogP contribution in [0.15, 0.2) is 40.6 Å². The van der Waals surface area contributed by atoms with E-state index >= 15 is 0 Å². The second-order valence-corrected chi connectivity index (χ2v) is 7.14.